The van der Waals surface area contributed by atoms with Gasteiger partial charge in [-0.05, 0) is 23.8 Å². The molecule has 1 aromatic rings. The van der Waals surface area contributed by atoms with E-state index in [9.17, 15) is 13.9 Å². The van der Waals surface area contributed by atoms with Crippen molar-refractivity contribution in [1.82, 2.24) is 0 Å². The maximum absolute atomic E-state index is 12.0. The molecule has 3 nitrogen and oxygen atoms in total. The largest absolute Gasteiger partial charge is 0.495 e. The van der Waals surface area contributed by atoms with Gasteiger partial charge in [0.15, 0.2) is 0 Å². The fourth-order valence-corrected chi connectivity index (χ4v) is 1.65. The summed E-state index contributed by atoms with van der Waals surface area (Å²) in [5.74, 6) is 0.481. The van der Waals surface area contributed by atoms with Crippen molar-refractivity contribution in [2.75, 3.05) is 6.61 Å². The van der Waals surface area contributed by atoms with E-state index < -0.39 is 12.7 Å². The Labute approximate surface area is 97.3 Å². The van der Waals surface area contributed by atoms with Crippen molar-refractivity contribution in [1.29, 1.82) is 0 Å². The molecule has 1 aliphatic heterocycles. The molecule has 2 rings (SSSR count). The molecule has 1 N–H and O–H groups in total. The number of halogens is 2. The van der Waals surface area contributed by atoms with Gasteiger partial charge in [0.05, 0.1) is 6.61 Å². The van der Waals surface area contributed by atoms with E-state index in [4.69, 9.17) is 4.74 Å². The zero-order chi connectivity index (χ0) is 12.3. The lowest BCUT2D eigenvalue weighted by molar-refractivity contribution is -0.0499. The smallest absolute Gasteiger partial charge is 0.387 e. The first-order valence-corrected chi connectivity index (χ1v) is 5.22. The molecule has 92 valence electrons. The van der Waals surface area contributed by atoms with Crippen LogP contribution in [-0.4, -0.2) is 18.3 Å². The van der Waals surface area contributed by atoms with E-state index in [-0.39, 0.29) is 5.75 Å². The van der Waals surface area contributed by atoms with Gasteiger partial charge in [-0.2, -0.15) is 8.78 Å². The highest BCUT2D eigenvalue weighted by atomic mass is 19.3. The topological polar surface area (TPSA) is 38.7 Å². The third kappa shape index (κ3) is 2.94. The Kier molecular flexibility index (Phi) is 3.58. The Morgan fingerprint density at radius 1 is 1.35 bits per heavy atom. The van der Waals surface area contributed by atoms with Gasteiger partial charge in [0.25, 0.3) is 0 Å². The number of aliphatic hydroxyl groups is 1. The van der Waals surface area contributed by atoms with Gasteiger partial charge in [-0.25, -0.2) is 0 Å². The molecule has 1 unspecified atom stereocenters. The average molecular weight is 242 g/mol. The second kappa shape index (κ2) is 5.14. The van der Waals surface area contributed by atoms with Crippen LogP contribution in [0.5, 0.6) is 5.75 Å². The van der Waals surface area contributed by atoms with Crippen molar-refractivity contribution in [3.8, 4) is 5.75 Å². The third-order valence-electron chi connectivity index (χ3n) is 2.40. The highest BCUT2D eigenvalue weighted by Gasteiger charge is 2.18. The summed E-state index contributed by atoms with van der Waals surface area (Å²) in [6.07, 6.45) is 1.60. The number of hydrogen-bond donors (Lipinski definition) is 1. The molecular weight excluding hydrogens is 230 g/mol. The summed E-state index contributed by atoms with van der Waals surface area (Å²) >= 11 is 0. The Bertz CT molecular complexity index is 418. The van der Waals surface area contributed by atoms with Gasteiger partial charge in [-0.15, -0.1) is 0 Å². The second-order valence-corrected chi connectivity index (χ2v) is 3.60. The number of benzene rings is 1. The number of ether oxygens (including phenoxy) is 2. The van der Waals surface area contributed by atoms with E-state index in [1.165, 1.54) is 12.1 Å². The predicted molar refractivity (Wildman–Crippen MR) is 56.7 cm³/mol. The molecule has 0 aromatic heterocycles. The van der Waals surface area contributed by atoms with Crippen LogP contribution in [-0.2, 0) is 4.74 Å². The fraction of sp³-hybridized carbons (Fsp3) is 0.333. The first-order chi connectivity index (χ1) is 8.16. The van der Waals surface area contributed by atoms with Crippen LogP contribution in [0, 0.1) is 0 Å². The van der Waals surface area contributed by atoms with E-state index in [1.54, 1.807) is 18.2 Å². The Balaban J connectivity index is 2.14. The summed E-state index contributed by atoms with van der Waals surface area (Å²) in [5.41, 5.74) is 0.469. The average Bonchev–Trinajstić information content (AvgIpc) is 2.81. The minimum absolute atomic E-state index is 0.0233. The molecule has 0 aliphatic carbocycles. The normalized spacial score (nSPS) is 16.6. The summed E-state index contributed by atoms with van der Waals surface area (Å²) in [6.45, 7) is -2.33. The first kappa shape index (κ1) is 11.9. The quantitative estimate of drug-likeness (QED) is 0.882. The first-order valence-electron chi connectivity index (χ1n) is 5.22. The van der Waals surface area contributed by atoms with E-state index in [1.807, 2.05) is 0 Å². The van der Waals surface area contributed by atoms with Crippen LogP contribution in [0.1, 0.15) is 18.1 Å². The molecule has 0 bridgehead atoms. The lowest BCUT2D eigenvalue weighted by atomic mass is 10.1. The van der Waals surface area contributed by atoms with Crippen molar-refractivity contribution in [2.45, 2.75) is 19.1 Å². The SMILES string of the molecule is OC(C1=CCCO1)c1cccc(OC(F)F)c1. The van der Waals surface area contributed by atoms with Crippen LogP contribution >= 0.6 is 0 Å². The van der Waals surface area contributed by atoms with Crippen LogP contribution in [0.4, 0.5) is 8.78 Å². The highest BCUT2D eigenvalue weighted by molar-refractivity contribution is 5.33. The zero-order valence-electron chi connectivity index (χ0n) is 8.98. The van der Waals surface area contributed by atoms with E-state index in [0.717, 1.165) is 6.42 Å². The molecule has 17 heavy (non-hydrogen) atoms. The summed E-state index contributed by atoms with van der Waals surface area (Å²) in [4.78, 5) is 0. The molecule has 1 aliphatic rings. The summed E-state index contributed by atoms with van der Waals surface area (Å²) in [7, 11) is 0. The summed E-state index contributed by atoms with van der Waals surface area (Å²) < 4.78 is 33.5. The number of alkyl halides is 2. The molecule has 0 fully saturated rings. The van der Waals surface area contributed by atoms with Crippen LogP contribution in [0.2, 0.25) is 0 Å². The molecule has 0 saturated carbocycles. The molecule has 0 spiro atoms. The van der Waals surface area contributed by atoms with Crippen molar-refractivity contribution in [3.05, 3.63) is 41.7 Å². The van der Waals surface area contributed by atoms with Gasteiger partial charge < -0.3 is 14.6 Å². The molecule has 0 saturated heterocycles. The van der Waals surface area contributed by atoms with Crippen LogP contribution in [0.25, 0.3) is 0 Å². The lowest BCUT2D eigenvalue weighted by Gasteiger charge is -2.13. The van der Waals surface area contributed by atoms with Gasteiger partial charge in [-0.1, -0.05) is 12.1 Å². The molecule has 1 aromatic carbocycles. The Hall–Kier alpha value is -1.62. The molecule has 5 heteroatoms. The van der Waals surface area contributed by atoms with Crippen LogP contribution in [0.15, 0.2) is 36.1 Å². The van der Waals surface area contributed by atoms with E-state index >= 15 is 0 Å². The number of aliphatic hydroxyl groups excluding tert-OH is 1. The summed E-state index contributed by atoms with van der Waals surface area (Å²) in [6, 6.07) is 5.96. The summed E-state index contributed by atoms with van der Waals surface area (Å²) in [5, 5.41) is 9.94. The van der Waals surface area contributed by atoms with Gasteiger partial charge >= 0.3 is 6.61 Å². The number of rotatable bonds is 4. The van der Waals surface area contributed by atoms with Crippen LogP contribution in [0.3, 0.4) is 0 Å². The minimum atomic E-state index is -2.87. The van der Waals surface area contributed by atoms with E-state index in [2.05, 4.69) is 4.74 Å². The van der Waals surface area contributed by atoms with E-state index in [0.29, 0.717) is 17.9 Å². The number of hydrogen-bond acceptors (Lipinski definition) is 3. The standard InChI is InChI=1S/C12H12F2O3/c13-12(14)17-9-4-1-3-8(7-9)11(15)10-5-2-6-16-10/h1,3-5,7,11-12,15H,2,6H2. The van der Waals surface area contributed by atoms with Gasteiger partial charge in [0.2, 0.25) is 0 Å². The van der Waals surface area contributed by atoms with Gasteiger partial charge in [-0.3, -0.25) is 0 Å². The van der Waals surface area contributed by atoms with Crippen molar-refractivity contribution in [3.63, 3.8) is 0 Å². The zero-order valence-corrected chi connectivity index (χ0v) is 8.98. The maximum Gasteiger partial charge on any atom is 0.387 e. The third-order valence-corrected chi connectivity index (χ3v) is 2.40. The molecule has 1 heterocycles. The maximum atomic E-state index is 12.0. The van der Waals surface area contributed by atoms with Crippen molar-refractivity contribution < 1.29 is 23.4 Å². The fourth-order valence-electron chi connectivity index (χ4n) is 1.65. The predicted octanol–water partition coefficient (Wildman–Crippen LogP) is 2.63. The molecule has 0 radical (unpaired) electrons. The minimum Gasteiger partial charge on any atom is -0.495 e. The molecule has 0 amide bonds. The Morgan fingerprint density at radius 2 is 2.18 bits per heavy atom. The van der Waals surface area contributed by atoms with Gasteiger partial charge in [0, 0.05) is 6.42 Å². The van der Waals surface area contributed by atoms with Crippen LogP contribution < -0.4 is 4.74 Å². The van der Waals surface area contributed by atoms with Gasteiger partial charge in [0.1, 0.15) is 17.6 Å². The Morgan fingerprint density at radius 3 is 2.82 bits per heavy atom. The van der Waals surface area contributed by atoms with Crippen molar-refractivity contribution in [2.24, 2.45) is 0 Å². The highest BCUT2D eigenvalue weighted by Crippen LogP contribution is 2.28. The second-order valence-electron chi connectivity index (χ2n) is 3.60. The van der Waals surface area contributed by atoms with Crippen molar-refractivity contribution >= 4 is 0 Å². The monoisotopic (exact) mass is 242 g/mol. The molecule has 1 atom stereocenters. The molecular formula is C12H12F2O3. The lowest BCUT2D eigenvalue weighted by Crippen LogP contribution is -2.05.